The monoisotopic (exact) mass is 431 g/mol. The van der Waals surface area contributed by atoms with Crippen molar-refractivity contribution in [3.63, 3.8) is 0 Å². The summed E-state index contributed by atoms with van der Waals surface area (Å²) in [7, 11) is 0. The molecule has 1 atom stereocenters. The molecule has 0 saturated heterocycles. The Hall–Kier alpha value is -1.52. The Morgan fingerprint density at radius 1 is 1.27 bits per heavy atom. The van der Waals surface area contributed by atoms with Crippen LogP contribution in [0.25, 0.3) is 0 Å². The molecule has 4 heteroatoms. The molecule has 0 amide bonds. The maximum absolute atomic E-state index is 11.9. The molecule has 1 rings (SSSR count). The number of hydrogen-bond donors (Lipinski definition) is 2. The summed E-state index contributed by atoms with van der Waals surface area (Å²) >= 11 is 4.24. The number of thiol groups is 1. The van der Waals surface area contributed by atoms with Crippen molar-refractivity contribution < 1.29 is 9.53 Å². The molecule has 0 spiro atoms. The van der Waals surface area contributed by atoms with Gasteiger partial charge in [-0.25, -0.2) is 0 Å². The zero-order valence-electron chi connectivity index (χ0n) is 19.8. The Labute approximate surface area is 189 Å². The molecule has 0 aliphatic heterocycles. The van der Waals surface area contributed by atoms with Crippen molar-refractivity contribution in [3.8, 4) is 0 Å². The average Bonchev–Trinajstić information content (AvgIpc) is 2.68. The highest BCUT2D eigenvalue weighted by molar-refractivity contribution is 7.80. The second-order valence-corrected chi connectivity index (χ2v) is 9.16. The van der Waals surface area contributed by atoms with Crippen molar-refractivity contribution in [2.24, 2.45) is 5.41 Å². The molecular weight excluding hydrogens is 390 g/mol. The van der Waals surface area contributed by atoms with Crippen molar-refractivity contribution in [1.29, 1.82) is 0 Å². The second kappa shape index (κ2) is 13.7. The summed E-state index contributed by atoms with van der Waals surface area (Å²) in [6.07, 6.45) is 17.5. The molecule has 0 radical (unpaired) electrons. The van der Waals surface area contributed by atoms with Gasteiger partial charge < -0.3 is 10.1 Å². The fourth-order valence-electron chi connectivity index (χ4n) is 3.59. The quantitative estimate of drug-likeness (QED) is 0.227. The van der Waals surface area contributed by atoms with Crippen LogP contribution in [0.5, 0.6) is 0 Å². The predicted octanol–water partition coefficient (Wildman–Crippen LogP) is 6.36. The summed E-state index contributed by atoms with van der Waals surface area (Å²) in [6.45, 7) is 14.2. The topological polar surface area (TPSA) is 38.3 Å². The first kappa shape index (κ1) is 26.5. The van der Waals surface area contributed by atoms with Gasteiger partial charge in [0, 0.05) is 12.3 Å². The zero-order chi connectivity index (χ0) is 22.6. The SMILES string of the molecule is CCCOC(=O)[C@H](CS)NC/C=C(C)/C=C/C=C(C)/C=C/C1=C(C)CCCC1(C)C. The third-order valence-electron chi connectivity index (χ3n) is 5.48. The molecule has 0 bridgehead atoms. The Kier molecular flexibility index (Phi) is 12.1. The number of allylic oxidation sites excluding steroid dienone is 9. The Bertz CT molecular complexity index is 711. The molecule has 1 N–H and O–H groups in total. The highest BCUT2D eigenvalue weighted by Crippen LogP contribution is 2.40. The molecule has 3 nitrogen and oxygen atoms in total. The fourth-order valence-corrected chi connectivity index (χ4v) is 3.87. The van der Waals surface area contributed by atoms with E-state index in [1.807, 2.05) is 6.92 Å². The van der Waals surface area contributed by atoms with Gasteiger partial charge in [-0.05, 0) is 57.4 Å². The molecule has 0 aromatic heterocycles. The highest BCUT2D eigenvalue weighted by Gasteiger charge is 2.26. The molecule has 0 fully saturated rings. The number of carbonyl (C=O) groups is 1. The Balaban J connectivity index is 2.58. The van der Waals surface area contributed by atoms with Crippen LogP contribution in [0.2, 0.25) is 0 Å². The van der Waals surface area contributed by atoms with E-state index in [0.29, 0.717) is 18.9 Å². The lowest BCUT2D eigenvalue weighted by molar-refractivity contribution is -0.145. The molecule has 168 valence electrons. The summed E-state index contributed by atoms with van der Waals surface area (Å²) in [5.41, 5.74) is 5.66. The van der Waals surface area contributed by atoms with Crippen LogP contribution in [0.1, 0.15) is 67.2 Å². The number of rotatable bonds is 11. The van der Waals surface area contributed by atoms with Gasteiger partial charge >= 0.3 is 5.97 Å². The minimum Gasteiger partial charge on any atom is -0.465 e. The maximum Gasteiger partial charge on any atom is 0.323 e. The summed E-state index contributed by atoms with van der Waals surface area (Å²) in [5, 5.41) is 3.18. The third-order valence-corrected chi connectivity index (χ3v) is 5.84. The van der Waals surface area contributed by atoms with Crippen LogP contribution >= 0.6 is 12.6 Å². The Morgan fingerprint density at radius 3 is 2.63 bits per heavy atom. The number of ether oxygens (including phenoxy) is 1. The highest BCUT2D eigenvalue weighted by atomic mass is 32.1. The molecule has 0 aromatic carbocycles. The van der Waals surface area contributed by atoms with Gasteiger partial charge in [-0.15, -0.1) is 0 Å². The summed E-state index contributed by atoms with van der Waals surface area (Å²) < 4.78 is 5.18. The van der Waals surface area contributed by atoms with Gasteiger partial charge in [-0.2, -0.15) is 12.6 Å². The van der Waals surface area contributed by atoms with Crippen molar-refractivity contribution in [1.82, 2.24) is 5.32 Å². The maximum atomic E-state index is 11.9. The summed E-state index contributed by atoms with van der Waals surface area (Å²) in [4.78, 5) is 11.9. The van der Waals surface area contributed by atoms with Crippen LogP contribution in [0, 0.1) is 5.41 Å². The smallest absolute Gasteiger partial charge is 0.323 e. The largest absolute Gasteiger partial charge is 0.465 e. The van der Waals surface area contributed by atoms with Crippen molar-refractivity contribution in [2.75, 3.05) is 18.9 Å². The number of esters is 1. The first-order chi connectivity index (χ1) is 14.2. The van der Waals surface area contributed by atoms with Gasteiger partial charge in [0.25, 0.3) is 0 Å². The molecule has 0 unspecified atom stereocenters. The van der Waals surface area contributed by atoms with Crippen LogP contribution < -0.4 is 5.32 Å². The van der Waals surface area contributed by atoms with Gasteiger partial charge in [-0.3, -0.25) is 4.79 Å². The van der Waals surface area contributed by atoms with Crippen LogP contribution in [0.4, 0.5) is 0 Å². The van der Waals surface area contributed by atoms with E-state index in [1.54, 1.807) is 0 Å². The van der Waals surface area contributed by atoms with Crippen LogP contribution in [0.3, 0.4) is 0 Å². The van der Waals surface area contributed by atoms with Crippen LogP contribution in [-0.2, 0) is 9.53 Å². The van der Waals surface area contributed by atoms with Gasteiger partial charge in [-0.1, -0.05) is 73.9 Å². The van der Waals surface area contributed by atoms with Crippen LogP contribution in [-0.4, -0.2) is 30.9 Å². The summed E-state index contributed by atoms with van der Waals surface area (Å²) in [5.74, 6) is 0.192. The van der Waals surface area contributed by atoms with E-state index in [4.69, 9.17) is 4.74 Å². The first-order valence-corrected chi connectivity index (χ1v) is 11.8. The van der Waals surface area contributed by atoms with Gasteiger partial charge in [0.05, 0.1) is 6.61 Å². The second-order valence-electron chi connectivity index (χ2n) is 8.79. The molecule has 1 aliphatic rings. The van der Waals surface area contributed by atoms with E-state index in [2.05, 4.69) is 89.0 Å². The van der Waals surface area contributed by atoms with Crippen molar-refractivity contribution in [3.05, 3.63) is 58.7 Å². The van der Waals surface area contributed by atoms with E-state index in [0.717, 1.165) is 12.0 Å². The fraction of sp³-hybridized carbons (Fsp3) is 0.577. The predicted molar refractivity (Wildman–Crippen MR) is 133 cm³/mol. The third kappa shape index (κ3) is 9.53. The van der Waals surface area contributed by atoms with E-state index in [-0.39, 0.29) is 17.4 Å². The number of carbonyl (C=O) groups excluding carboxylic acids is 1. The molecule has 30 heavy (non-hydrogen) atoms. The van der Waals surface area contributed by atoms with Crippen LogP contribution in [0.15, 0.2) is 58.7 Å². The Morgan fingerprint density at radius 2 is 2.00 bits per heavy atom. The summed E-state index contributed by atoms with van der Waals surface area (Å²) in [6, 6.07) is -0.373. The van der Waals surface area contributed by atoms with E-state index in [9.17, 15) is 4.79 Å². The van der Waals surface area contributed by atoms with E-state index < -0.39 is 0 Å². The minimum atomic E-state index is -0.373. The minimum absolute atomic E-state index is 0.231. The van der Waals surface area contributed by atoms with Gasteiger partial charge in [0.2, 0.25) is 0 Å². The van der Waals surface area contributed by atoms with Crippen molar-refractivity contribution in [2.45, 2.75) is 73.3 Å². The average molecular weight is 432 g/mol. The van der Waals surface area contributed by atoms with E-state index in [1.165, 1.54) is 36.0 Å². The molecule has 0 heterocycles. The number of hydrogen-bond acceptors (Lipinski definition) is 4. The lowest BCUT2D eigenvalue weighted by Crippen LogP contribution is -2.39. The number of nitrogens with one attached hydrogen (secondary N) is 1. The molecule has 1 aliphatic carbocycles. The zero-order valence-corrected chi connectivity index (χ0v) is 20.6. The lowest BCUT2D eigenvalue weighted by Gasteiger charge is -2.32. The standard InChI is InChI=1S/C26H41NO2S/c1-7-18-29-25(28)24(19-30)27-17-15-21(3)11-8-10-20(2)13-14-23-22(4)12-9-16-26(23,5)6/h8,10-11,13-15,24,27,30H,7,9,12,16-19H2,1-6H3/b11-8+,14-13+,20-10+,21-15+/t24-/m0/s1. The normalized spacial score (nSPS) is 19.0. The molecule has 0 aromatic rings. The van der Waals surface area contributed by atoms with E-state index >= 15 is 0 Å². The lowest BCUT2D eigenvalue weighted by atomic mass is 9.72. The van der Waals surface area contributed by atoms with Gasteiger partial charge in [0.15, 0.2) is 0 Å². The molecular formula is C26H41NO2S. The van der Waals surface area contributed by atoms with Gasteiger partial charge in [0.1, 0.15) is 6.04 Å². The molecule has 0 saturated carbocycles. The van der Waals surface area contributed by atoms with Crippen molar-refractivity contribution >= 4 is 18.6 Å². The first-order valence-electron chi connectivity index (χ1n) is 11.1.